The van der Waals surface area contributed by atoms with Crippen molar-refractivity contribution < 1.29 is 24.0 Å². The van der Waals surface area contributed by atoms with Gasteiger partial charge in [0.2, 0.25) is 0 Å². The summed E-state index contributed by atoms with van der Waals surface area (Å²) in [6, 6.07) is 8.48. The van der Waals surface area contributed by atoms with Gasteiger partial charge in [-0.15, -0.1) is 0 Å². The summed E-state index contributed by atoms with van der Waals surface area (Å²) >= 11 is 0. The number of methoxy groups -OCH3 is 2. The lowest BCUT2D eigenvalue weighted by Crippen LogP contribution is -2.44. The molecule has 0 unspecified atom stereocenters. The Kier molecular flexibility index (Phi) is 6.74. The predicted octanol–water partition coefficient (Wildman–Crippen LogP) is 1.79. The minimum atomic E-state index is -0.592. The molecule has 148 valence electrons. The predicted molar refractivity (Wildman–Crippen MR) is 101 cm³/mol. The highest BCUT2D eigenvalue weighted by Gasteiger charge is 2.12. The van der Waals surface area contributed by atoms with Crippen LogP contribution in [0.4, 0.5) is 11.4 Å². The molecule has 3 N–H and O–H groups in total. The smallest absolute Gasteiger partial charge is 0.269 e. The van der Waals surface area contributed by atoms with Crippen LogP contribution in [0.25, 0.3) is 0 Å². The zero-order valence-corrected chi connectivity index (χ0v) is 15.6. The Morgan fingerprint density at radius 3 is 2.21 bits per heavy atom. The van der Waals surface area contributed by atoms with E-state index >= 15 is 0 Å². The van der Waals surface area contributed by atoms with Crippen LogP contribution >= 0.6 is 0 Å². The zero-order valence-electron chi connectivity index (χ0n) is 15.6. The number of nitrogens with zero attached hydrogens (tertiary/aromatic N) is 1. The molecule has 28 heavy (non-hydrogen) atoms. The van der Waals surface area contributed by atoms with E-state index in [1.165, 1.54) is 38.5 Å². The molecule has 2 aromatic rings. The van der Waals surface area contributed by atoms with Crippen LogP contribution in [0.15, 0.2) is 36.4 Å². The van der Waals surface area contributed by atoms with E-state index in [0.29, 0.717) is 17.2 Å². The highest BCUT2D eigenvalue weighted by molar-refractivity contribution is 5.95. The molecule has 2 amide bonds. The van der Waals surface area contributed by atoms with Crippen molar-refractivity contribution in [2.24, 2.45) is 0 Å². The van der Waals surface area contributed by atoms with Crippen molar-refractivity contribution in [3.05, 3.63) is 57.6 Å². The number of hydrogen-bond donors (Lipinski definition) is 3. The fourth-order valence-electron chi connectivity index (χ4n) is 2.32. The summed E-state index contributed by atoms with van der Waals surface area (Å²) in [5.74, 6) is 0.0165. The fraction of sp³-hybridized carbons (Fsp3) is 0.222. The molecule has 0 aliphatic rings. The van der Waals surface area contributed by atoms with E-state index in [1.54, 1.807) is 12.1 Å². The standard InChI is InChI=1S/C18H20N4O6/c1-11-8-15(27-2)16(28-3)9-14(11)19-10-17(23)20-21-18(24)12-4-6-13(7-5-12)22(25)26/h4-9,19H,10H2,1-3H3,(H,20,23)(H,21,24). The van der Waals surface area contributed by atoms with Gasteiger partial charge in [0.25, 0.3) is 17.5 Å². The molecule has 0 aliphatic carbocycles. The largest absolute Gasteiger partial charge is 0.493 e. The van der Waals surface area contributed by atoms with Crippen LogP contribution in [0.1, 0.15) is 15.9 Å². The van der Waals surface area contributed by atoms with E-state index < -0.39 is 16.7 Å². The van der Waals surface area contributed by atoms with Gasteiger partial charge in [0, 0.05) is 29.4 Å². The third kappa shape index (κ3) is 5.10. The van der Waals surface area contributed by atoms with E-state index in [1.807, 2.05) is 6.92 Å². The van der Waals surface area contributed by atoms with E-state index in [9.17, 15) is 19.7 Å². The van der Waals surface area contributed by atoms with Crippen molar-refractivity contribution in [3.8, 4) is 11.5 Å². The minimum Gasteiger partial charge on any atom is -0.493 e. The monoisotopic (exact) mass is 388 g/mol. The molecular weight excluding hydrogens is 368 g/mol. The van der Waals surface area contributed by atoms with Gasteiger partial charge in [-0.3, -0.25) is 30.6 Å². The maximum Gasteiger partial charge on any atom is 0.269 e. The summed E-state index contributed by atoms with van der Waals surface area (Å²) in [6.07, 6.45) is 0. The number of benzene rings is 2. The van der Waals surface area contributed by atoms with Crippen LogP contribution in [-0.4, -0.2) is 37.5 Å². The molecule has 0 heterocycles. The van der Waals surface area contributed by atoms with E-state index in [2.05, 4.69) is 16.2 Å². The van der Waals surface area contributed by atoms with Gasteiger partial charge in [-0.25, -0.2) is 0 Å². The van der Waals surface area contributed by atoms with Gasteiger partial charge in [-0.2, -0.15) is 0 Å². The van der Waals surface area contributed by atoms with Crippen molar-refractivity contribution in [2.75, 3.05) is 26.1 Å². The van der Waals surface area contributed by atoms with Crippen LogP contribution in [0.2, 0.25) is 0 Å². The second kappa shape index (κ2) is 9.21. The molecule has 2 aromatic carbocycles. The summed E-state index contributed by atoms with van der Waals surface area (Å²) < 4.78 is 10.4. The number of nitro groups is 1. The van der Waals surface area contributed by atoms with Crippen molar-refractivity contribution in [3.63, 3.8) is 0 Å². The number of anilines is 1. The second-order valence-corrected chi connectivity index (χ2v) is 5.68. The average Bonchev–Trinajstić information content (AvgIpc) is 2.70. The normalized spacial score (nSPS) is 9.96. The van der Waals surface area contributed by atoms with Crippen molar-refractivity contribution in [1.29, 1.82) is 0 Å². The maximum atomic E-state index is 12.0. The third-order valence-corrected chi connectivity index (χ3v) is 3.83. The van der Waals surface area contributed by atoms with E-state index in [0.717, 1.165) is 5.56 Å². The summed E-state index contributed by atoms with van der Waals surface area (Å²) in [5, 5.41) is 13.6. The maximum absolute atomic E-state index is 12.0. The lowest BCUT2D eigenvalue weighted by molar-refractivity contribution is -0.384. The number of hydrazine groups is 1. The van der Waals surface area contributed by atoms with Crippen LogP contribution < -0.4 is 25.6 Å². The summed E-state index contributed by atoms with van der Waals surface area (Å²) in [7, 11) is 3.04. The van der Waals surface area contributed by atoms with E-state index in [4.69, 9.17) is 9.47 Å². The number of nitro benzene ring substituents is 1. The fourth-order valence-corrected chi connectivity index (χ4v) is 2.32. The highest BCUT2D eigenvalue weighted by Crippen LogP contribution is 2.32. The van der Waals surface area contributed by atoms with Gasteiger partial charge in [0.15, 0.2) is 11.5 Å². The van der Waals surface area contributed by atoms with Crippen LogP contribution in [0.5, 0.6) is 11.5 Å². The van der Waals surface area contributed by atoms with Crippen LogP contribution in [0, 0.1) is 17.0 Å². The first-order valence-corrected chi connectivity index (χ1v) is 8.15. The molecular formula is C18H20N4O6. The number of carbonyl (C=O) groups is 2. The van der Waals surface area contributed by atoms with Gasteiger partial charge in [0.05, 0.1) is 25.7 Å². The molecule has 0 saturated carbocycles. The quantitative estimate of drug-likeness (QED) is 0.487. The first-order valence-electron chi connectivity index (χ1n) is 8.15. The first kappa shape index (κ1) is 20.5. The molecule has 0 aliphatic heterocycles. The molecule has 0 bridgehead atoms. The van der Waals surface area contributed by atoms with Crippen molar-refractivity contribution in [2.45, 2.75) is 6.92 Å². The van der Waals surface area contributed by atoms with Gasteiger partial charge in [0.1, 0.15) is 0 Å². The molecule has 0 atom stereocenters. The number of amides is 2. The number of hydrogen-bond acceptors (Lipinski definition) is 7. The SMILES string of the molecule is COc1cc(C)c(NCC(=O)NNC(=O)c2ccc([N+](=O)[O-])cc2)cc1OC. The molecule has 0 saturated heterocycles. The topological polar surface area (TPSA) is 132 Å². The highest BCUT2D eigenvalue weighted by atomic mass is 16.6. The van der Waals surface area contributed by atoms with Gasteiger partial charge in [-0.1, -0.05) is 0 Å². The Morgan fingerprint density at radius 1 is 1.04 bits per heavy atom. The van der Waals surface area contributed by atoms with Crippen molar-refractivity contribution >= 4 is 23.2 Å². The number of nitrogens with one attached hydrogen (secondary N) is 3. The first-order chi connectivity index (χ1) is 13.3. The molecule has 0 radical (unpaired) electrons. The molecule has 0 spiro atoms. The van der Waals surface area contributed by atoms with E-state index in [-0.39, 0.29) is 17.8 Å². The average molecular weight is 388 g/mol. The Bertz CT molecular complexity index is 882. The van der Waals surface area contributed by atoms with Crippen LogP contribution in [0.3, 0.4) is 0 Å². The molecule has 10 nitrogen and oxygen atoms in total. The number of non-ortho nitro benzene ring substituents is 1. The second-order valence-electron chi connectivity index (χ2n) is 5.68. The Hall–Kier alpha value is -3.82. The summed E-state index contributed by atoms with van der Waals surface area (Å²) in [5.41, 5.74) is 6.08. The van der Waals surface area contributed by atoms with Gasteiger partial charge >= 0.3 is 0 Å². The third-order valence-electron chi connectivity index (χ3n) is 3.83. The zero-order chi connectivity index (χ0) is 20.7. The molecule has 2 rings (SSSR count). The lowest BCUT2D eigenvalue weighted by atomic mass is 10.1. The molecule has 10 heteroatoms. The Morgan fingerprint density at radius 2 is 1.64 bits per heavy atom. The molecule has 0 aromatic heterocycles. The Labute approximate surface area is 161 Å². The Balaban J connectivity index is 1.89. The number of rotatable bonds is 7. The number of carbonyl (C=O) groups excluding carboxylic acids is 2. The summed E-state index contributed by atoms with van der Waals surface area (Å²) in [6.45, 7) is 1.75. The van der Waals surface area contributed by atoms with Gasteiger partial charge < -0.3 is 14.8 Å². The van der Waals surface area contributed by atoms with Crippen LogP contribution in [-0.2, 0) is 4.79 Å². The molecule has 0 fully saturated rings. The summed E-state index contributed by atoms with van der Waals surface area (Å²) in [4.78, 5) is 34.0. The number of ether oxygens (including phenoxy) is 2. The lowest BCUT2D eigenvalue weighted by Gasteiger charge is -2.14. The minimum absolute atomic E-state index is 0.100. The van der Waals surface area contributed by atoms with Crippen molar-refractivity contribution in [1.82, 2.24) is 10.9 Å². The van der Waals surface area contributed by atoms with Gasteiger partial charge in [-0.05, 0) is 30.7 Å². The number of aryl methyl sites for hydroxylation is 1.